The lowest BCUT2D eigenvalue weighted by atomic mass is 10.1. The van der Waals surface area contributed by atoms with Gasteiger partial charge < -0.3 is 10.1 Å². The van der Waals surface area contributed by atoms with Crippen LogP contribution in [0.5, 0.6) is 11.6 Å². The minimum Gasteiger partial charge on any atom is -0.438 e. The Balaban J connectivity index is 1.72. The second-order valence-electron chi connectivity index (χ2n) is 6.53. The van der Waals surface area contributed by atoms with E-state index in [9.17, 15) is 14.0 Å². The number of imide groups is 1. The van der Waals surface area contributed by atoms with Gasteiger partial charge >= 0.3 is 6.03 Å². The van der Waals surface area contributed by atoms with Crippen molar-refractivity contribution in [1.82, 2.24) is 10.3 Å². The Kier molecular flexibility index (Phi) is 6.48. The molecule has 0 unspecified atom stereocenters. The molecule has 156 valence electrons. The summed E-state index contributed by atoms with van der Waals surface area (Å²) < 4.78 is 19.5. The quantitative estimate of drug-likeness (QED) is 0.550. The lowest BCUT2D eigenvalue weighted by Gasteiger charge is -2.14. The van der Waals surface area contributed by atoms with Crippen molar-refractivity contribution in [2.45, 2.75) is 13.8 Å². The van der Waals surface area contributed by atoms with Gasteiger partial charge in [-0.05, 0) is 55.3 Å². The van der Waals surface area contributed by atoms with Crippen LogP contribution < -0.4 is 15.4 Å². The van der Waals surface area contributed by atoms with Gasteiger partial charge in [0.1, 0.15) is 17.6 Å². The smallest absolute Gasteiger partial charge is 0.326 e. The van der Waals surface area contributed by atoms with Crippen LogP contribution in [-0.4, -0.2) is 16.9 Å². The van der Waals surface area contributed by atoms with Crippen LogP contribution in [0, 0.1) is 31.0 Å². The van der Waals surface area contributed by atoms with Crippen molar-refractivity contribution >= 4 is 29.2 Å². The fourth-order valence-corrected chi connectivity index (χ4v) is 3.01. The number of hydrogen-bond donors (Lipinski definition) is 2. The van der Waals surface area contributed by atoms with E-state index in [0.717, 1.165) is 6.07 Å². The van der Waals surface area contributed by atoms with E-state index in [1.165, 1.54) is 30.3 Å². The summed E-state index contributed by atoms with van der Waals surface area (Å²) in [6.45, 7) is 3.53. The molecule has 9 heteroatoms. The maximum atomic E-state index is 13.7. The maximum absolute atomic E-state index is 13.7. The predicted molar refractivity (Wildman–Crippen MR) is 113 cm³/mol. The van der Waals surface area contributed by atoms with Gasteiger partial charge in [0.2, 0.25) is 5.88 Å². The first-order valence-electron chi connectivity index (χ1n) is 9.01. The van der Waals surface area contributed by atoms with Crippen LogP contribution in [0.15, 0.2) is 48.5 Å². The summed E-state index contributed by atoms with van der Waals surface area (Å²) in [6, 6.07) is 12.8. The van der Waals surface area contributed by atoms with Gasteiger partial charge in [0.15, 0.2) is 5.15 Å². The van der Waals surface area contributed by atoms with Gasteiger partial charge in [0, 0.05) is 11.8 Å². The van der Waals surface area contributed by atoms with Crippen molar-refractivity contribution in [3.8, 4) is 17.7 Å². The Morgan fingerprint density at radius 2 is 1.81 bits per heavy atom. The average molecular weight is 439 g/mol. The molecule has 0 aliphatic heterocycles. The molecule has 0 fully saturated rings. The summed E-state index contributed by atoms with van der Waals surface area (Å²) in [5.74, 6) is -0.865. The number of nitrogens with one attached hydrogen (secondary N) is 2. The van der Waals surface area contributed by atoms with Crippen LogP contribution in [0.2, 0.25) is 5.15 Å². The number of pyridine rings is 1. The van der Waals surface area contributed by atoms with Crippen LogP contribution in [0.3, 0.4) is 0 Å². The summed E-state index contributed by atoms with van der Waals surface area (Å²) in [5.41, 5.74) is 1.77. The van der Waals surface area contributed by atoms with Crippen LogP contribution in [0.25, 0.3) is 0 Å². The molecule has 1 aromatic heterocycles. The molecule has 0 aliphatic carbocycles. The Morgan fingerprint density at radius 3 is 2.42 bits per heavy atom. The highest BCUT2D eigenvalue weighted by Gasteiger charge is 2.16. The van der Waals surface area contributed by atoms with Crippen LogP contribution in [-0.2, 0) is 0 Å². The molecule has 1 heterocycles. The van der Waals surface area contributed by atoms with Crippen LogP contribution in [0.4, 0.5) is 14.9 Å². The van der Waals surface area contributed by atoms with Gasteiger partial charge in [-0.15, -0.1) is 0 Å². The Labute approximate surface area is 182 Å². The monoisotopic (exact) mass is 438 g/mol. The van der Waals surface area contributed by atoms with Gasteiger partial charge in [-0.25, -0.2) is 9.18 Å². The fourth-order valence-electron chi connectivity index (χ4n) is 2.82. The van der Waals surface area contributed by atoms with Crippen molar-refractivity contribution in [1.29, 1.82) is 5.26 Å². The number of aromatic nitrogens is 1. The first-order valence-corrected chi connectivity index (χ1v) is 9.39. The number of anilines is 1. The number of carbonyl (C=O) groups is 2. The van der Waals surface area contributed by atoms with Crippen molar-refractivity contribution in [3.05, 3.63) is 81.8 Å². The summed E-state index contributed by atoms with van der Waals surface area (Å²) >= 11 is 5.93. The molecular weight excluding hydrogens is 423 g/mol. The van der Waals surface area contributed by atoms with E-state index in [1.54, 1.807) is 26.0 Å². The number of nitriles is 1. The third-order valence-electron chi connectivity index (χ3n) is 4.21. The van der Waals surface area contributed by atoms with Crippen molar-refractivity contribution in [2.24, 2.45) is 0 Å². The highest BCUT2D eigenvalue weighted by atomic mass is 35.5. The van der Waals surface area contributed by atoms with Crippen molar-refractivity contribution < 1.29 is 18.7 Å². The van der Waals surface area contributed by atoms with Gasteiger partial charge in [-0.2, -0.15) is 10.2 Å². The molecule has 0 radical (unpaired) electrons. The summed E-state index contributed by atoms with van der Waals surface area (Å²) in [4.78, 5) is 28.3. The van der Waals surface area contributed by atoms with Crippen molar-refractivity contribution in [3.63, 3.8) is 0 Å². The number of nitrogens with zero attached hydrogens (tertiary/aromatic N) is 2. The molecule has 0 bridgehead atoms. The third kappa shape index (κ3) is 5.15. The molecule has 0 saturated heterocycles. The number of halogens is 2. The second-order valence-corrected chi connectivity index (χ2v) is 6.89. The zero-order valence-corrected chi connectivity index (χ0v) is 17.2. The fraction of sp³-hybridized carbons (Fsp3) is 0.0909. The lowest BCUT2D eigenvalue weighted by molar-refractivity contribution is 0.0963. The molecule has 31 heavy (non-hydrogen) atoms. The first-order chi connectivity index (χ1) is 14.8. The normalized spacial score (nSPS) is 10.2. The highest BCUT2D eigenvalue weighted by molar-refractivity contribution is 6.30. The highest BCUT2D eigenvalue weighted by Crippen LogP contribution is 2.31. The number of aryl methyl sites for hydroxylation is 2. The number of hydrogen-bond acceptors (Lipinski definition) is 5. The molecule has 0 aliphatic rings. The summed E-state index contributed by atoms with van der Waals surface area (Å²) in [5, 5.41) is 13.6. The zero-order valence-electron chi connectivity index (χ0n) is 16.5. The third-order valence-corrected chi connectivity index (χ3v) is 4.50. The number of rotatable bonds is 4. The summed E-state index contributed by atoms with van der Waals surface area (Å²) in [6.07, 6.45) is 0. The van der Waals surface area contributed by atoms with E-state index in [1.807, 2.05) is 6.07 Å². The molecule has 3 aromatic rings. The minimum absolute atomic E-state index is 0.0322. The van der Waals surface area contributed by atoms with E-state index in [2.05, 4.69) is 15.6 Å². The van der Waals surface area contributed by atoms with E-state index in [4.69, 9.17) is 21.6 Å². The van der Waals surface area contributed by atoms with Gasteiger partial charge in [-0.3, -0.25) is 10.1 Å². The molecule has 0 saturated carbocycles. The maximum Gasteiger partial charge on any atom is 0.326 e. The number of amides is 3. The molecule has 2 N–H and O–H groups in total. The standard InChI is InChI=1S/C22H16ClFN4O3/c1-12-9-15(26-22(30)28-21(29)16-5-3-4-6-17(16)24)10-13(2)19(12)31-18-8-7-14(11-25)20(23)27-18/h3-10H,1-2H3,(H2,26,28,29,30). The molecule has 0 spiro atoms. The Morgan fingerprint density at radius 1 is 1.13 bits per heavy atom. The van der Waals surface area contributed by atoms with E-state index >= 15 is 0 Å². The van der Waals surface area contributed by atoms with E-state index < -0.39 is 17.8 Å². The summed E-state index contributed by atoms with van der Waals surface area (Å²) in [7, 11) is 0. The molecule has 7 nitrogen and oxygen atoms in total. The van der Waals surface area contributed by atoms with E-state index in [0.29, 0.717) is 22.6 Å². The van der Waals surface area contributed by atoms with Gasteiger partial charge in [0.05, 0.1) is 11.1 Å². The topological polar surface area (TPSA) is 104 Å². The lowest BCUT2D eigenvalue weighted by Crippen LogP contribution is -2.34. The second kappa shape index (κ2) is 9.24. The number of carbonyl (C=O) groups excluding carboxylic acids is 2. The number of ether oxygens (including phenoxy) is 1. The van der Waals surface area contributed by atoms with Crippen molar-refractivity contribution in [2.75, 3.05) is 5.32 Å². The molecule has 3 amide bonds. The van der Waals surface area contributed by atoms with Crippen LogP contribution >= 0.6 is 11.6 Å². The largest absolute Gasteiger partial charge is 0.438 e. The van der Waals surface area contributed by atoms with Gasteiger partial charge in [0.25, 0.3) is 5.91 Å². The number of urea groups is 1. The molecule has 3 rings (SSSR count). The zero-order chi connectivity index (χ0) is 22.5. The first kappa shape index (κ1) is 21.7. The Hall–Kier alpha value is -3.96. The molecular formula is C22H16ClFN4O3. The Bertz CT molecular complexity index is 1200. The molecule has 0 atom stereocenters. The van der Waals surface area contributed by atoms with Crippen LogP contribution in [0.1, 0.15) is 27.0 Å². The minimum atomic E-state index is -0.854. The predicted octanol–water partition coefficient (Wildman–Crippen LogP) is 5.12. The van der Waals surface area contributed by atoms with E-state index in [-0.39, 0.29) is 22.2 Å². The number of benzene rings is 2. The SMILES string of the molecule is Cc1cc(NC(=O)NC(=O)c2ccccc2F)cc(C)c1Oc1ccc(C#N)c(Cl)n1. The molecule has 2 aromatic carbocycles. The average Bonchev–Trinajstić information content (AvgIpc) is 2.71. The van der Waals surface area contributed by atoms with Gasteiger partial charge in [-0.1, -0.05) is 23.7 Å².